The van der Waals surface area contributed by atoms with Gasteiger partial charge in [0.15, 0.2) is 5.16 Å². The Labute approximate surface area is 130 Å². The van der Waals surface area contributed by atoms with E-state index in [2.05, 4.69) is 10.3 Å². The molecule has 0 radical (unpaired) electrons. The first-order valence-electron chi connectivity index (χ1n) is 7.00. The lowest BCUT2D eigenvalue weighted by molar-refractivity contribution is -0.115. The summed E-state index contributed by atoms with van der Waals surface area (Å²) in [4.78, 5) is 16.4. The SMILES string of the molecule is CC(Sc1nccn1C1CC1)C(=O)Nc1c(F)cccc1F. The minimum absolute atomic E-state index is 0.412. The van der Waals surface area contributed by atoms with Crippen molar-refractivity contribution in [3.05, 3.63) is 42.2 Å². The molecule has 116 valence electrons. The lowest BCUT2D eigenvalue weighted by Crippen LogP contribution is -2.24. The van der Waals surface area contributed by atoms with Gasteiger partial charge in [0.1, 0.15) is 17.3 Å². The van der Waals surface area contributed by atoms with Gasteiger partial charge in [0.2, 0.25) is 5.91 Å². The topological polar surface area (TPSA) is 46.9 Å². The maximum atomic E-state index is 13.6. The highest BCUT2D eigenvalue weighted by atomic mass is 32.2. The number of carbonyl (C=O) groups is 1. The number of para-hydroxylation sites is 1. The van der Waals surface area contributed by atoms with Crippen molar-refractivity contribution in [1.29, 1.82) is 0 Å². The Morgan fingerprint density at radius 2 is 2.09 bits per heavy atom. The second kappa shape index (κ2) is 6.08. The molecule has 1 aliphatic rings. The van der Waals surface area contributed by atoms with Gasteiger partial charge in [-0.1, -0.05) is 17.8 Å². The second-order valence-electron chi connectivity index (χ2n) is 5.19. The van der Waals surface area contributed by atoms with Crippen LogP contribution in [0, 0.1) is 11.6 Å². The highest BCUT2D eigenvalue weighted by Crippen LogP contribution is 2.38. The summed E-state index contributed by atoms with van der Waals surface area (Å²) in [5.74, 6) is -2.03. The Morgan fingerprint density at radius 3 is 2.73 bits per heavy atom. The van der Waals surface area contributed by atoms with Gasteiger partial charge in [-0.3, -0.25) is 4.79 Å². The molecule has 1 aliphatic carbocycles. The number of imidazole rings is 1. The number of hydrogen-bond donors (Lipinski definition) is 1. The van der Waals surface area contributed by atoms with E-state index >= 15 is 0 Å². The van der Waals surface area contributed by atoms with Crippen molar-refractivity contribution in [2.45, 2.75) is 36.2 Å². The van der Waals surface area contributed by atoms with Crippen LogP contribution in [-0.4, -0.2) is 20.7 Å². The molecule has 1 atom stereocenters. The van der Waals surface area contributed by atoms with Crippen molar-refractivity contribution in [2.24, 2.45) is 0 Å². The van der Waals surface area contributed by atoms with Crippen LogP contribution in [-0.2, 0) is 4.79 Å². The van der Waals surface area contributed by atoms with Crippen molar-refractivity contribution < 1.29 is 13.6 Å². The normalized spacial score (nSPS) is 15.6. The fraction of sp³-hybridized carbons (Fsp3) is 0.333. The van der Waals surface area contributed by atoms with Gasteiger partial charge in [-0.05, 0) is 31.9 Å². The van der Waals surface area contributed by atoms with Crippen molar-refractivity contribution in [1.82, 2.24) is 9.55 Å². The van der Waals surface area contributed by atoms with Crippen molar-refractivity contribution in [3.63, 3.8) is 0 Å². The molecule has 1 aromatic heterocycles. The number of hydrogen-bond acceptors (Lipinski definition) is 3. The molecular formula is C15H15F2N3OS. The van der Waals surface area contributed by atoms with Crippen LogP contribution in [0.2, 0.25) is 0 Å². The summed E-state index contributed by atoms with van der Waals surface area (Å²) in [6, 6.07) is 3.93. The molecule has 1 heterocycles. The molecule has 1 unspecified atom stereocenters. The first-order valence-corrected chi connectivity index (χ1v) is 7.88. The molecule has 1 aromatic carbocycles. The molecule has 3 rings (SSSR count). The monoisotopic (exact) mass is 323 g/mol. The van der Waals surface area contributed by atoms with Crippen LogP contribution in [0.1, 0.15) is 25.8 Å². The van der Waals surface area contributed by atoms with Gasteiger partial charge in [0.25, 0.3) is 0 Å². The maximum absolute atomic E-state index is 13.6. The molecule has 22 heavy (non-hydrogen) atoms. The summed E-state index contributed by atoms with van der Waals surface area (Å²) in [6.07, 6.45) is 5.82. The summed E-state index contributed by atoms with van der Waals surface area (Å²) in [6.45, 7) is 1.69. The highest BCUT2D eigenvalue weighted by molar-refractivity contribution is 8.00. The number of halogens is 2. The average Bonchev–Trinajstić information content (AvgIpc) is 3.23. The Balaban J connectivity index is 1.68. The van der Waals surface area contributed by atoms with Crippen LogP contribution in [0.3, 0.4) is 0 Å². The molecular weight excluding hydrogens is 308 g/mol. The standard InChI is InChI=1S/C15H15F2N3OS/c1-9(22-15-18-7-8-20(15)10-5-6-10)14(21)19-13-11(16)3-2-4-12(13)17/h2-4,7-10H,5-6H2,1H3,(H,19,21). The molecule has 0 saturated heterocycles. The van der Waals surface area contributed by atoms with Gasteiger partial charge < -0.3 is 9.88 Å². The van der Waals surface area contributed by atoms with E-state index < -0.39 is 28.5 Å². The van der Waals surface area contributed by atoms with Crippen LogP contribution < -0.4 is 5.32 Å². The Kier molecular flexibility index (Phi) is 4.15. The highest BCUT2D eigenvalue weighted by Gasteiger charge is 2.27. The summed E-state index contributed by atoms with van der Waals surface area (Å²) in [5.41, 5.74) is -0.412. The minimum Gasteiger partial charge on any atom is -0.323 e. The number of carbonyl (C=O) groups excluding carboxylic acids is 1. The molecule has 0 bridgehead atoms. The molecule has 1 N–H and O–H groups in total. The Hall–Kier alpha value is -1.89. The Morgan fingerprint density at radius 1 is 1.41 bits per heavy atom. The van der Waals surface area contributed by atoms with Gasteiger partial charge in [-0.25, -0.2) is 13.8 Å². The summed E-state index contributed by atoms with van der Waals surface area (Å²) in [7, 11) is 0. The maximum Gasteiger partial charge on any atom is 0.237 e. The first-order chi connectivity index (χ1) is 10.6. The zero-order chi connectivity index (χ0) is 15.7. The van der Waals surface area contributed by atoms with Crippen molar-refractivity contribution >= 4 is 23.4 Å². The van der Waals surface area contributed by atoms with Crippen LogP contribution in [0.4, 0.5) is 14.5 Å². The second-order valence-corrected chi connectivity index (χ2v) is 6.50. The third kappa shape index (κ3) is 3.14. The quantitative estimate of drug-likeness (QED) is 0.855. The molecule has 1 amide bonds. The van der Waals surface area contributed by atoms with E-state index in [1.165, 1.54) is 17.8 Å². The average molecular weight is 323 g/mol. The van der Waals surface area contributed by atoms with E-state index in [1.54, 1.807) is 13.1 Å². The van der Waals surface area contributed by atoms with E-state index in [4.69, 9.17) is 0 Å². The number of nitrogens with zero attached hydrogens (tertiary/aromatic N) is 2. The van der Waals surface area contributed by atoms with E-state index in [9.17, 15) is 13.6 Å². The van der Waals surface area contributed by atoms with Gasteiger partial charge in [-0.15, -0.1) is 0 Å². The number of amides is 1. The summed E-state index contributed by atoms with van der Waals surface area (Å²) >= 11 is 1.28. The fourth-order valence-electron chi connectivity index (χ4n) is 2.07. The largest absolute Gasteiger partial charge is 0.323 e. The first kappa shape index (κ1) is 15.0. The van der Waals surface area contributed by atoms with Gasteiger partial charge in [-0.2, -0.15) is 0 Å². The van der Waals surface area contributed by atoms with E-state index in [0.717, 1.165) is 30.1 Å². The molecule has 4 nitrogen and oxygen atoms in total. The third-order valence-corrected chi connectivity index (χ3v) is 4.53. The number of thioether (sulfide) groups is 1. The van der Waals surface area contributed by atoms with Gasteiger partial charge >= 0.3 is 0 Å². The summed E-state index contributed by atoms with van der Waals surface area (Å²) < 4.78 is 29.1. The number of benzene rings is 1. The lowest BCUT2D eigenvalue weighted by Gasteiger charge is -2.13. The van der Waals surface area contributed by atoms with Crippen molar-refractivity contribution in [3.8, 4) is 0 Å². The molecule has 1 saturated carbocycles. The third-order valence-electron chi connectivity index (χ3n) is 3.44. The van der Waals surface area contributed by atoms with Crippen LogP contribution in [0.15, 0.2) is 35.7 Å². The fourth-order valence-corrected chi connectivity index (χ4v) is 3.01. The van der Waals surface area contributed by atoms with E-state index in [0.29, 0.717) is 6.04 Å². The smallest absolute Gasteiger partial charge is 0.237 e. The number of anilines is 1. The predicted octanol–water partition coefficient (Wildman–Crippen LogP) is 3.62. The van der Waals surface area contributed by atoms with E-state index in [-0.39, 0.29) is 0 Å². The molecule has 0 spiro atoms. The van der Waals surface area contributed by atoms with Crippen LogP contribution in [0.25, 0.3) is 0 Å². The minimum atomic E-state index is -0.787. The number of nitrogens with one attached hydrogen (secondary N) is 1. The zero-order valence-corrected chi connectivity index (χ0v) is 12.7. The van der Waals surface area contributed by atoms with Gasteiger partial charge in [0, 0.05) is 18.4 Å². The molecule has 0 aliphatic heterocycles. The Bertz CT molecular complexity index is 680. The van der Waals surface area contributed by atoms with E-state index in [1.807, 2.05) is 10.8 Å². The van der Waals surface area contributed by atoms with Crippen LogP contribution >= 0.6 is 11.8 Å². The predicted molar refractivity (Wildman–Crippen MR) is 80.8 cm³/mol. The van der Waals surface area contributed by atoms with Crippen LogP contribution in [0.5, 0.6) is 0 Å². The number of aromatic nitrogens is 2. The van der Waals surface area contributed by atoms with Crippen molar-refractivity contribution in [2.75, 3.05) is 5.32 Å². The van der Waals surface area contributed by atoms with Gasteiger partial charge in [0.05, 0.1) is 5.25 Å². The molecule has 7 heteroatoms. The zero-order valence-electron chi connectivity index (χ0n) is 11.9. The number of rotatable bonds is 5. The lowest BCUT2D eigenvalue weighted by atomic mass is 10.3. The molecule has 2 aromatic rings. The summed E-state index contributed by atoms with van der Waals surface area (Å²) in [5, 5.41) is 2.54. The molecule has 1 fully saturated rings.